The van der Waals surface area contributed by atoms with Crippen molar-refractivity contribution in [1.82, 2.24) is 0 Å². The second kappa shape index (κ2) is 4.39. The highest BCUT2D eigenvalue weighted by Gasteiger charge is 2.36. The molecule has 0 atom stereocenters. The van der Waals surface area contributed by atoms with Gasteiger partial charge in [0, 0.05) is 17.2 Å². The number of hydrogen-bond donors (Lipinski definition) is 0. The first-order valence-electron chi connectivity index (χ1n) is 6.19. The summed E-state index contributed by atoms with van der Waals surface area (Å²) in [6.45, 7) is 2.00. The van der Waals surface area contributed by atoms with Gasteiger partial charge in [0.15, 0.2) is 0 Å². The van der Waals surface area contributed by atoms with E-state index in [4.69, 9.17) is 4.84 Å². The number of hydrogen-bond acceptors (Lipinski definition) is 3. The summed E-state index contributed by atoms with van der Waals surface area (Å²) in [6, 6.07) is 8.89. The van der Waals surface area contributed by atoms with Crippen LogP contribution in [0.4, 0.5) is 0 Å². The van der Waals surface area contributed by atoms with E-state index in [2.05, 4.69) is 0 Å². The highest BCUT2D eigenvalue weighted by molar-refractivity contribution is 6.17. The molecular formula is C15H13NO3. The zero-order valence-electron chi connectivity index (χ0n) is 10.6. The molecule has 0 fully saturated rings. The zero-order chi connectivity index (χ0) is 13.4. The number of carbonyl (C=O) groups is 1. The molecule has 0 saturated carbocycles. The minimum absolute atomic E-state index is 0.103. The maximum atomic E-state index is 12.3. The Kier molecular flexibility index (Phi) is 2.71. The average molecular weight is 255 g/mol. The fraction of sp³-hybridized carbons (Fsp3) is 0.200. The number of allylic oxidation sites excluding steroid dienone is 2. The van der Waals surface area contributed by atoms with Gasteiger partial charge in [-0.3, -0.25) is 0 Å². The Morgan fingerprint density at radius 3 is 2.58 bits per heavy atom. The summed E-state index contributed by atoms with van der Waals surface area (Å²) in [5, 5.41) is 12.3. The van der Waals surface area contributed by atoms with Gasteiger partial charge in [0.05, 0.1) is 0 Å². The van der Waals surface area contributed by atoms with Crippen LogP contribution in [0.2, 0.25) is 0 Å². The van der Waals surface area contributed by atoms with Gasteiger partial charge in [-0.1, -0.05) is 35.9 Å². The molecule has 0 amide bonds. The zero-order valence-corrected chi connectivity index (χ0v) is 10.6. The third-order valence-corrected chi connectivity index (χ3v) is 3.29. The summed E-state index contributed by atoms with van der Waals surface area (Å²) in [6.07, 6.45) is 3.53. The minimum atomic E-state index is -0.582. The Labute approximate surface area is 110 Å². The molecule has 4 heteroatoms. The molecule has 1 aromatic carbocycles. The Hall–Kier alpha value is -2.36. The van der Waals surface area contributed by atoms with E-state index < -0.39 is 5.97 Å². The summed E-state index contributed by atoms with van der Waals surface area (Å²) in [7, 11) is 0. The summed E-state index contributed by atoms with van der Waals surface area (Å²) in [5.74, 6) is -0.959. The van der Waals surface area contributed by atoms with Gasteiger partial charge < -0.3 is 5.11 Å². The van der Waals surface area contributed by atoms with Gasteiger partial charge in [-0.15, -0.1) is 0 Å². The third kappa shape index (κ3) is 1.95. The van der Waals surface area contributed by atoms with E-state index in [0.717, 1.165) is 23.3 Å². The monoisotopic (exact) mass is 255 g/mol. The van der Waals surface area contributed by atoms with Crippen LogP contribution in [-0.4, -0.2) is 16.4 Å². The highest BCUT2D eigenvalue weighted by Crippen LogP contribution is 2.26. The largest absolute Gasteiger partial charge is 0.819 e. The number of carbonyl (C=O) groups excluding carboxylic acids is 1. The molecule has 1 aliphatic heterocycles. The number of rotatable bonds is 1. The first-order valence-corrected chi connectivity index (χ1v) is 6.19. The summed E-state index contributed by atoms with van der Waals surface area (Å²) in [4.78, 5) is 17.0. The molecule has 3 rings (SSSR count). The van der Waals surface area contributed by atoms with E-state index in [1.807, 2.05) is 19.1 Å². The maximum Gasteiger partial charge on any atom is 0.417 e. The van der Waals surface area contributed by atoms with Crippen molar-refractivity contribution in [1.29, 1.82) is 0 Å². The smallest absolute Gasteiger partial charge is 0.417 e. The average Bonchev–Trinajstić information content (AvgIpc) is 2.95. The van der Waals surface area contributed by atoms with Crippen molar-refractivity contribution in [3.63, 3.8) is 0 Å². The lowest BCUT2D eigenvalue weighted by molar-refractivity contribution is -0.773. The molecule has 0 aromatic heterocycles. The van der Waals surface area contributed by atoms with Crippen molar-refractivity contribution < 1.29 is 19.5 Å². The molecule has 4 nitrogen and oxygen atoms in total. The Bertz CT molecular complexity index is 639. The molecule has 1 aromatic rings. The van der Waals surface area contributed by atoms with Gasteiger partial charge in [-0.25, -0.2) is 4.79 Å². The van der Waals surface area contributed by atoms with Gasteiger partial charge >= 0.3 is 5.97 Å². The van der Waals surface area contributed by atoms with Crippen LogP contribution >= 0.6 is 0 Å². The summed E-state index contributed by atoms with van der Waals surface area (Å²) in [5.41, 5.74) is 2.64. The second-order valence-corrected chi connectivity index (χ2v) is 4.70. The lowest BCUT2D eigenvalue weighted by Crippen LogP contribution is -2.22. The molecule has 0 bridgehead atoms. The van der Waals surface area contributed by atoms with E-state index in [9.17, 15) is 9.90 Å². The Morgan fingerprint density at radius 2 is 1.95 bits per heavy atom. The van der Waals surface area contributed by atoms with Crippen molar-refractivity contribution in [2.45, 2.75) is 19.8 Å². The topological polar surface area (TPSA) is 52.4 Å². The predicted octanol–water partition coefficient (Wildman–Crippen LogP) is 1.38. The maximum absolute atomic E-state index is 12.3. The molecule has 19 heavy (non-hydrogen) atoms. The van der Waals surface area contributed by atoms with Crippen molar-refractivity contribution in [2.75, 3.05) is 0 Å². The minimum Gasteiger partial charge on any atom is -0.819 e. The molecule has 0 spiro atoms. The standard InChI is InChI=1S/C15H13NO3/c1-10-7-8-12(9-10)16-14(17)13(15(18)19-16)11-5-3-2-4-6-11/h2-6,9H,7-8H2,1H3/b16-12-. The van der Waals surface area contributed by atoms with Gasteiger partial charge in [0.1, 0.15) is 5.57 Å². The second-order valence-electron chi connectivity index (χ2n) is 4.70. The van der Waals surface area contributed by atoms with Gasteiger partial charge in [0.25, 0.3) is 0 Å². The Balaban J connectivity index is 2.10. The first kappa shape index (κ1) is 11.7. The summed E-state index contributed by atoms with van der Waals surface area (Å²) < 4.78 is 1.13. The highest BCUT2D eigenvalue weighted by atomic mass is 16.7. The van der Waals surface area contributed by atoms with E-state index in [0.29, 0.717) is 5.56 Å². The van der Waals surface area contributed by atoms with Crippen molar-refractivity contribution in [3.8, 4) is 0 Å². The van der Waals surface area contributed by atoms with E-state index in [1.165, 1.54) is 5.57 Å². The fourth-order valence-electron chi connectivity index (χ4n) is 2.31. The van der Waals surface area contributed by atoms with E-state index in [-0.39, 0.29) is 11.5 Å². The molecule has 0 N–H and O–H groups in total. The molecule has 0 radical (unpaired) electrons. The quantitative estimate of drug-likeness (QED) is 0.562. The van der Waals surface area contributed by atoms with Crippen LogP contribution < -0.4 is 5.11 Å². The number of nitrogens with zero attached hydrogens (tertiary/aromatic N) is 1. The molecule has 2 aliphatic rings. The molecular weight excluding hydrogens is 242 g/mol. The lowest BCUT2D eigenvalue weighted by atomic mass is 10.1. The predicted molar refractivity (Wildman–Crippen MR) is 67.7 cm³/mol. The van der Waals surface area contributed by atoms with E-state index >= 15 is 0 Å². The number of benzene rings is 1. The van der Waals surface area contributed by atoms with Crippen LogP contribution in [0.15, 0.2) is 47.9 Å². The summed E-state index contributed by atoms with van der Waals surface area (Å²) >= 11 is 0. The molecule has 0 saturated heterocycles. The van der Waals surface area contributed by atoms with Crippen LogP contribution in [0.25, 0.3) is 5.57 Å². The number of hydroxylamine groups is 1. The Morgan fingerprint density at radius 1 is 1.21 bits per heavy atom. The molecule has 1 heterocycles. The van der Waals surface area contributed by atoms with Gasteiger partial charge in [-0.2, -0.15) is 4.84 Å². The van der Waals surface area contributed by atoms with Crippen molar-refractivity contribution >= 4 is 17.3 Å². The fourth-order valence-corrected chi connectivity index (χ4v) is 2.31. The SMILES string of the molecule is CC1=C/C(=[N+]2\OC(=O)C(c3ccccc3)=C2[O-])CC1. The van der Waals surface area contributed by atoms with Gasteiger partial charge in [0.2, 0.25) is 11.6 Å². The van der Waals surface area contributed by atoms with Gasteiger partial charge in [-0.05, 0) is 18.9 Å². The van der Waals surface area contributed by atoms with E-state index in [1.54, 1.807) is 24.3 Å². The molecule has 96 valence electrons. The first-order chi connectivity index (χ1) is 9.16. The van der Waals surface area contributed by atoms with Crippen LogP contribution in [0.1, 0.15) is 25.3 Å². The lowest BCUT2D eigenvalue weighted by Gasteiger charge is -2.01. The van der Waals surface area contributed by atoms with Crippen LogP contribution in [0, 0.1) is 0 Å². The molecule has 0 unspecified atom stereocenters. The van der Waals surface area contributed by atoms with Crippen LogP contribution in [-0.2, 0) is 9.63 Å². The van der Waals surface area contributed by atoms with Crippen molar-refractivity contribution in [3.05, 3.63) is 53.4 Å². The third-order valence-electron chi connectivity index (χ3n) is 3.29. The molecule has 1 aliphatic carbocycles. The van der Waals surface area contributed by atoms with Crippen LogP contribution in [0.5, 0.6) is 0 Å². The normalized spacial score (nSPS) is 22.8. The van der Waals surface area contributed by atoms with Crippen molar-refractivity contribution in [2.24, 2.45) is 0 Å². The van der Waals surface area contributed by atoms with Crippen LogP contribution in [0.3, 0.4) is 0 Å².